The summed E-state index contributed by atoms with van der Waals surface area (Å²) < 4.78 is 0. The second-order valence-corrected chi connectivity index (χ2v) is 5.86. The van der Waals surface area contributed by atoms with E-state index in [0.717, 1.165) is 23.1 Å². The van der Waals surface area contributed by atoms with E-state index in [1.54, 1.807) is 25.4 Å². The van der Waals surface area contributed by atoms with Crippen LogP contribution in [0.4, 0.5) is 5.69 Å². The fourth-order valence-electron chi connectivity index (χ4n) is 2.78. The molecule has 0 spiro atoms. The number of H-pyrrole nitrogens is 1. The summed E-state index contributed by atoms with van der Waals surface area (Å²) in [5.74, 6) is -0.456. The Kier molecular flexibility index (Phi) is 4.79. The molecule has 128 valence electrons. The topological polar surface area (TPSA) is 78.1 Å². The number of carbonyl (C=O) groups is 2. The summed E-state index contributed by atoms with van der Waals surface area (Å²) in [6.07, 6.45) is 2.49. The van der Waals surface area contributed by atoms with E-state index in [1.807, 2.05) is 37.3 Å². The third-order valence-corrected chi connectivity index (χ3v) is 4.11. The van der Waals surface area contributed by atoms with Gasteiger partial charge < -0.3 is 10.2 Å². The van der Waals surface area contributed by atoms with Gasteiger partial charge in [-0.3, -0.25) is 14.7 Å². The number of nitrogens with one attached hydrogen (secondary N) is 2. The lowest BCUT2D eigenvalue weighted by Crippen LogP contribution is -2.35. The largest absolute Gasteiger partial charge is 0.332 e. The summed E-state index contributed by atoms with van der Waals surface area (Å²) in [7, 11) is 1.61. The third kappa shape index (κ3) is 3.52. The first-order valence-corrected chi connectivity index (χ1v) is 8.15. The van der Waals surface area contributed by atoms with E-state index in [9.17, 15) is 9.59 Å². The van der Waals surface area contributed by atoms with E-state index in [4.69, 9.17) is 0 Å². The molecule has 1 heterocycles. The Bertz CT molecular complexity index is 916. The molecule has 6 heteroatoms. The number of carbonyl (C=O) groups excluding carboxylic acids is 2. The van der Waals surface area contributed by atoms with Gasteiger partial charge in [-0.05, 0) is 24.1 Å². The van der Waals surface area contributed by atoms with Crippen molar-refractivity contribution in [3.05, 3.63) is 59.8 Å². The summed E-state index contributed by atoms with van der Waals surface area (Å²) in [5.41, 5.74) is 3.02. The van der Waals surface area contributed by atoms with Crippen LogP contribution in [0.1, 0.15) is 22.8 Å². The standard InChI is InChI=1S/C19H20N4O2/c1-3-13-7-4-5-10-16(13)21-17(24)12-23(2)19(25)15-9-6-8-14-11-20-22-18(14)15/h4-11H,3,12H2,1-2H3,(H,20,22)(H,21,24). The molecular formula is C19H20N4O2. The van der Waals surface area contributed by atoms with Crippen LogP contribution in [0.3, 0.4) is 0 Å². The molecule has 0 saturated heterocycles. The zero-order valence-corrected chi connectivity index (χ0v) is 14.2. The van der Waals surface area contributed by atoms with E-state index in [-0.39, 0.29) is 18.4 Å². The minimum atomic E-state index is -0.228. The van der Waals surface area contributed by atoms with Gasteiger partial charge in [-0.15, -0.1) is 0 Å². The molecule has 2 amide bonds. The van der Waals surface area contributed by atoms with Crippen molar-refractivity contribution in [2.45, 2.75) is 13.3 Å². The van der Waals surface area contributed by atoms with Crippen molar-refractivity contribution in [1.29, 1.82) is 0 Å². The van der Waals surface area contributed by atoms with E-state index in [2.05, 4.69) is 15.5 Å². The van der Waals surface area contributed by atoms with Crippen LogP contribution in [0.2, 0.25) is 0 Å². The zero-order valence-electron chi connectivity index (χ0n) is 14.2. The number of rotatable bonds is 5. The van der Waals surface area contributed by atoms with Gasteiger partial charge in [0.05, 0.1) is 23.8 Å². The highest BCUT2D eigenvalue weighted by molar-refractivity contribution is 6.06. The van der Waals surface area contributed by atoms with E-state index >= 15 is 0 Å². The quantitative estimate of drug-likeness (QED) is 0.752. The molecule has 2 N–H and O–H groups in total. The Balaban J connectivity index is 1.71. The van der Waals surface area contributed by atoms with Crippen LogP contribution in [-0.2, 0) is 11.2 Å². The molecule has 2 aromatic carbocycles. The number of aryl methyl sites for hydroxylation is 1. The van der Waals surface area contributed by atoms with Crippen LogP contribution >= 0.6 is 0 Å². The fourth-order valence-corrected chi connectivity index (χ4v) is 2.78. The maximum atomic E-state index is 12.7. The van der Waals surface area contributed by atoms with Crippen molar-refractivity contribution in [3.63, 3.8) is 0 Å². The van der Waals surface area contributed by atoms with E-state index in [1.165, 1.54) is 4.90 Å². The highest BCUT2D eigenvalue weighted by Crippen LogP contribution is 2.18. The Morgan fingerprint density at radius 1 is 1.16 bits per heavy atom. The smallest absolute Gasteiger partial charge is 0.256 e. The Labute approximate surface area is 145 Å². The van der Waals surface area contributed by atoms with Gasteiger partial charge in [0.2, 0.25) is 5.91 Å². The molecule has 0 aliphatic carbocycles. The van der Waals surface area contributed by atoms with Gasteiger partial charge in [-0.1, -0.05) is 37.3 Å². The minimum Gasteiger partial charge on any atom is -0.332 e. The molecule has 6 nitrogen and oxygen atoms in total. The second-order valence-electron chi connectivity index (χ2n) is 5.86. The molecule has 3 aromatic rings. The minimum absolute atomic E-state index is 0.0264. The number of anilines is 1. The fraction of sp³-hybridized carbons (Fsp3) is 0.211. The summed E-state index contributed by atoms with van der Waals surface area (Å²) in [4.78, 5) is 26.4. The predicted molar refractivity (Wildman–Crippen MR) is 97.5 cm³/mol. The molecule has 0 aliphatic rings. The maximum absolute atomic E-state index is 12.7. The lowest BCUT2D eigenvalue weighted by Gasteiger charge is -2.18. The van der Waals surface area contributed by atoms with Gasteiger partial charge in [-0.2, -0.15) is 5.10 Å². The molecular weight excluding hydrogens is 316 g/mol. The van der Waals surface area contributed by atoms with Crippen LogP contribution in [-0.4, -0.2) is 40.5 Å². The van der Waals surface area contributed by atoms with Crippen LogP contribution in [0.15, 0.2) is 48.7 Å². The first kappa shape index (κ1) is 16.7. The first-order chi connectivity index (χ1) is 12.1. The van der Waals surface area contributed by atoms with E-state index < -0.39 is 0 Å². The Morgan fingerprint density at radius 3 is 2.76 bits per heavy atom. The molecule has 0 unspecified atom stereocenters. The van der Waals surface area contributed by atoms with Crippen molar-refractivity contribution in [2.75, 3.05) is 18.9 Å². The summed E-state index contributed by atoms with van der Waals surface area (Å²) in [5, 5.41) is 10.5. The third-order valence-electron chi connectivity index (χ3n) is 4.11. The summed E-state index contributed by atoms with van der Waals surface area (Å²) in [6.45, 7) is 2.01. The number of amides is 2. The molecule has 1 aromatic heterocycles. The van der Waals surface area contributed by atoms with Crippen molar-refractivity contribution < 1.29 is 9.59 Å². The molecule has 0 aliphatic heterocycles. The number of likely N-dealkylation sites (N-methyl/N-ethyl adjacent to an activating group) is 1. The van der Waals surface area contributed by atoms with E-state index in [0.29, 0.717) is 11.1 Å². The molecule has 0 saturated carbocycles. The lowest BCUT2D eigenvalue weighted by atomic mass is 10.1. The molecule has 3 rings (SSSR count). The van der Waals surface area contributed by atoms with Crippen molar-refractivity contribution in [1.82, 2.24) is 15.1 Å². The zero-order chi connectivity index (χ0) is 17.8. The first-order valence-electron chi connectivity index (χ1n) is 8.15. The number of aromatic nitrogens is 2. The van der Waals surface area contributed by atoms with Crippen LogP contribution < -0.4 is 5.32 Å². The molecule has 0 bridgehead atoms. The highest BCUT2D eigenvalue weighted by atomic mass is 16.2. The van der Waals surface area contributed by atoms with Crippen LogP contribution in [0.5, 0.6) is 0 Å². The lowest BCUT2D eigenvalue weighted by molar-refractivity contribution is -0.116. The molecule has 0 radical (unpaired) electrons. The number of benzene rings is 2. The average molecular weight is 336 g/mol. The van der Waals surface area contributed by atoms with Crippen LogP contribution in [0, 0.1) is 0 Å². The second kappa shape index (κ2) is 7.17. The number of para-hydroxylation sites is 2. The summed E-state index contributed by atoms with van der Waals surface area (Å²) >= 11 is 0. The number of aromatic amines is 1. The number of hydrogen-bond acceptors (Lipinski definition) is 3. The van der Waals surface area contributed by atoms with Gasteiger partial charge in [0.15, 0.2) is 0 Å². The molecule has 0 fully saturated rings. The van der Waals surface area contributed by atoms with Crippen molar-refractivity contribution in [2.24, 2.45) is 0 Å². The van der Waals surface area contributed by atoms with Gasteiger partial charge in [0.1, 0.15) is 0 Å². The van der Waals surface area contributed by atoms with Gasteiger partial charge >= 0.3 is 0 Å². The van der Waals surface area contributed by atoms with Crippen LogP contribution in [0.25, 0.3) is 10.9 Å². The number of nitrogens with zero attached hydrogens (tertiary/aromatic N) is 2. The Morgan fingerprint density at radius 2 is 1.96 bits per heavy atom. The normalized spacial score (nSPS) is 10.6. The number of fused-ring (bicyclic) bond motifs is 1. The van der Waals surface area contributed by atoms with Gasteiger partial charge in [0, 0.05) is 18.1 Å². The molecule has 0 atom stereocenters. The average Bonchev–Trinajstić information content (AvgIpc) is 3.10. The summed E-state index contributed by atoms with van der Waals surface area (Å²) in [6, 6.07) is 13.1. The molecule has 25 heavy (non-hydrogen) atoms. The SMILES string of the molecule is CCc1ccccc1NC(=O)CN(C)C(=O)c1cccc2cn[nH]c12. The maximum Gasteiger partial charge on any atom is 0.256 e. The predicted octanol–water partition coefficient (Wildman–Crippen LogP) is 2.84. The van der Waals surface area contributed by atoms with Gasteiger partial charge in [-0.25, -0.2) is 0 Å². The van der Waals surface area contributed by atoms with Crippen molar-refractivity contribution in [3.8, 4) is 0 Å². The van der Waals surface area contributed by atoms with Crippen molar-refractivity contribution >= 4 is 28.4 Å². The van der Waals surface area contributed by atoms with Gasteiger partial charge in [0.25, 0.3) is 5.91 Å². The highest BCUT2D eigenvalue weighted by Gasteiger charge is 2.18. The Hall–Kier alpha value is -3.15. The number of hydrogen-bond donors (Lipinski definition) is 2. The monoisotopic (exact) mass is 336 g/mol.